The fourth-order valence-electron chi connectivity index (χ4n) is 2.23. The molecule has 3 rings (SSSR count). The van der Waals surface area contributed by atoms with Crippen LogP contribution in [0.5, 0.6) is 0 Å². The normalized spacial score (nSPS) is 17.5. The fraction of sp³-hybridized carbons (Fsp3) is 0.188. The summed E-state index contributed by atoms with van der Waals surface area (Å²) in [4.78, 5) is 4.26. The molecule has 0 saturated carbocycles. The zero-order chi connectivity index (χ0) is 14.8. The third-order valence-corrected chi connectivity index (χ3v) is 3.37. The molecule has 3 nitrogen and oxygen atoms in total. The first kappa shape index (κ1) is 13.7. The third-order valence-electron chi connectivity index (χ3n) is 3.37. The van der Waals surface area contributed by atoms with Gasteiger partial charge in [-0.05, 0) is 23.3 Å². The molecule has 1 heterocycles. The van der Waals surface area contributed by atoms with E-state index in [2.05, 4.69) is 4.99 Å². The minimum Gasteiger partial charge on any atom is -0.475 e. The Morgan fingerprint density at radius 1 is 1.10 bits per heavy atom. The van der Waals surface area contributed by atoms with Crippen LogP contribution >= 0.6 is 0 Å². The quantitative estimate of drug-likeness (QED) is 0.944. The van der Waals surface area contributed by atoms with Crippen LogP contribution in [0.15, 0.2) is 47.5 Å². The number of halogens is 2. The van der Waals surface area contributed by atoms with E-state index >= 15 is 0 Å². The molecule has 21 heavy (non-hydrogen) atoms. The van der Waals surface area contributed by atoms with Crippen LogP contribution in [-0.2, 0) is 11.3 Å². The van der Waals surface area contributed by atoms with Gasteiger partial charge < -0.3 is 9.84 Å². The number of benzene rings is 2. The van der Waals surface area contributed by atoms with Crippen molar-refractivity contribution in [3.8, 4) is 0 Å². The summed E-state index contributed by atoms with van der Waals surface area (Å²) in [5.41, 5.74) is 1.44. The summed E-state index contributed by atoms with van der Waals surface area (Å²) in [5, 5.41) is 9.01. The molecule has 1 aliphatic rings. The summed E-state index contributed by atoms with van der Waals surface area (Å²) in [7, 11) is 0. The lowest BCUT2D eigenvalue weighted by atomic mass is 10.1. The summed E-state index contributed by atoms with van der Waals surface area (Å²) < 4.78 is 32.7. The van der Waals surface area contributed by atoms with Gasteiger partial charge in [0.25, 0.3) is 0 Å². The smallest absolute Gasteiger partial charge is 0.222 e. The molecule has 1 aliphatic heterocycles. The van der Waals surface area contributed by atoms with E-state index in [1.165, 1.54) is 18.2 Å². The van der Waals surface area contributed by atoms with Gasteiger partial charge >= 0.3 is 0 Å². The maximum Gasteiger partial charge on any atom is 0.222 e. The van der Waals surface area contributed by atoms with Crippen molar-refractivity contribution in [3.05, 3.63) is 70.8 Å². The van der Waals surface area contributed by atoms with Crippen molar-refractivity contribution in [2.75, 3.05) is 6.61 Å². The number of aliphatic hydroxyl groups is 1. The van der Waals surface area contributed by atoms with Crippen LogP contribution in [0, 0.1) is 11.6 Å². The molecule has 0 aliphatic carbocycles. The summed E-state index contributed by atoms with van der Waals surface area (Å²) in [5.74, 6) is -1.39. The Labute approximate surface area is 120 Å². The zero-order valence-corrected chi connectivity index (χ0v) is 11.1. The Hall–Kier alpha value is -2.27. The molecule has 1 unspecified atom stereocenters. The molecular weight excluding hydrogens is 276 g/mol. The van der Waals surface area contributed by atoms with E-state index in [9.17, 15) is 8.78 Å². The summed E-state index contributed by atoms with van der Waals surface area (Å²) in [6.07, 6.45) is 0. The first-order valence-electron chi connectivity index (χ1n) is 6.53. The van der Waals surface area contributed by atoms with E-state index in [1.54, 1.807) is 12.1 Å². The van der Waals surface area contributed by atoms with Crippen molar-refractivity contribution in [2.24, 2.45) is 4.99 Å². The first-order chi connectivity index (χ1) is 10.2. The Balaban J connectivity index is 1.90. The molecule has 2 aromatic rings. The van der Waals surface area contributed by atoms with Crippen LogP contribution in [0.2, 0.25) is 0 Å². The summed E-state index contributed by atoms with van der Waals surface area (Å²) in [6.45, 7) is 0.206. The van der Waals surface area contributed by atoms with Crippen molar-refractivity contribution in [2.45, 2.75) is 12.6 Å². The van der Waals surface area contributed by atoms with Gasteiger partial charge in [-0.15, -0.1) is 0 Å². The lowest BCUT2D eigenvalue weighted by Crippen LogP contribution is -2.07. The van der Waals surface area contributed by atoms with Gasteiger partial charge in [-0.2, -0.15) is 0 Å². The minimum absolute atomic E-state index is 0.0122. The molecule has 1 atom stereocenters. The molecule has 0 aromatic heterocycles. The second kappa shape index (κ2) is 5.61. The first-order valence-corrected chi connectivity index (χ1v) is 6.53. The SMILES string of the molecule is OCc1ccc(C2COC(c3c(F)cccc3F)=N2)cc1. The Kier molecular flexibility index (Phi) is 3.66. The van der Waals surface area contributed by atoms with Crippen molar-refractivity contribution in [3.63, 3.8) is 0 Å². The van der Waals surface area contributed by atoms with Gasteiger partial charge in [0, 0.05) is 0 Å². The molecule has 0 fully saturated rings. The highest BCUT2D eigenvalue weighted by molar-refractivity contribution is 5.95. The molecule has 0 saturated heterocycles. The van der Waals surface area contributed by atoms with Crippen LogP contribution in [0.25, 0.3) is 0 Å². The molecule has 0 bridgehead atoms. The standard InChI is InChI=1S/C16H13F2NO2/c17-12-2-1-3-13(18)15(12)16-19-14(9-21-16)11-6-4-10(8-20)5-7-11/h1-7,14,20H,8-9H2. The zero-order valence-electron chi connectivity index (χ0n) is 11.1. The molecule has 1 N–H and O–H groups in total. The van der Waals surface area contributed by atoms with Crippen LogP contribution < -0.4 is 0 Å². The second-order valence-electron chi connectivity index (χ2n) is 4.76. The highest BCUT2D eigenvalue weighted by Gasteiger charge is 2.25. The number of aliphatic imine (C=N–C) groups is 1. The Morgan fingerprint density at radius 2 is 1.76 bits per heavy atom. The van der Waals surface area contributed by atoms with Crippen molar-refractivity contribution in [1.29, 1.82) is 0 Å². The molecule has 0 spiro atoms. The summed E-state index contributed by atoms with van der Waals surface area (Å²) in [6, 6.07) is 10.6. The number of ether oxygens (including phenoxy) is 1. The van der Waals surface area contributed by atoms with Gasteiger partial charge in [-0.1, -0.05) is 30.3 Å². The maximum absolute atomic E-state index is 13.7. The van der Waals surface area contributed by atoms with Crippen LogP contribution in [0.3, 0.4) is 0 Å². The molecule has 2 aromatic carbocycles. The van der Waals surface area contributed by atoms with Crippen LogP contribution in [-0.4, -0.2) is 17.6 Å². The average Bonchev–Trinajstić information content (AvgIpc) is 2.97. The monoisotopic (exact) mass is 289 g/mol. The predicted octanol–water partition coefficient (Wildman–Crippen LogP) is 2.98. The van der Waals surface area contributed by atoms with Crippen LogP contribution in [0.1, 0.15) is 22.7 Å². The lowest BCUT2D eigenvalue weighted by Gasteiger charge is -2.05. The number of hydrogen-bond donors (Lipinski definition) is 1. The van der Waals surface area contributed by atoms with E-state index in [4.69, 9.17) is 9.84 Å². The van der Waals surface area contributed by atoms with Crippen molar-refractivity contribution < 1.29 is 18.6 Å². The van der Waals surface area contributed by atoms with Gasteiger partial charge in [0.15, 0.2) is 0 Å². The second-order valence-corrected chi connectivity index (χ2v) is 4.76. The molecular formula is C16H13F2NO2. The molecule has 108 valence electrons. The van der Waals surface area contributed by atoms with Crippen LogP contribution in [0.4, 0.5) is 8.78 Å². The van der Waals surface area contributed by atoms with Gasteiger partial charge in [0.1, 0.15) is 29.8 Å². The van der Waals surface area contributed by atoms with E-state index in [0.717, 1.165) is 11.1 Å². The highest BCUT2D eigenvalue weighted by atomic mass is 19.1. The average molecular weight is 289 g/mol. The molecule has 5 heteroatoms. The van der Waals surface area contributed by atoms with Gasteiger partial charge in [-0.3, -0.25) is 0 Å². The lowest BCUT2D eigenvalue weighted by molar-refractivity contribution is 0.281. The maximum atomic E-state index is 13.7. The molecule has 0 radical (unpaired) electrons. The fourth-order valence-corrected chi connectivity index (χ4v) is 2.23. The van der Waals surface area contributed by atoms with Crippen molar-refractivity contribution >= 4 is 5.90 Å². The minimum atomic E-state index is -0.690. The highest BCUT2D eigenvalue weighted by Crippen LogP contribution is 2.27. The molecule has 0 amide bonds. The van der Waals surface area contributed by atoms with E-state index in [-0.39, 0.29) is 30.7 Å². The summed E-state index contributed by atoms with van der Waals surface area (Å²) >= 11 is 0. The number of rotatable bonds is 3. The van der Waals surface area contributed by atoms with Crippen molar-refractivity contribution in [1.82, 2.24) is 0 Å². The topological polar surface area (TPSA) is 41.8 Å². The number of nitrogens with zero attached hydrogens (tertiary/aromatic N) is 1. The Morgan fingerprint density at radius 3 is 2.38 bits per heavy atom. The third kappa shape index (κ3) is 2.64. The predicted molar refractivity (Wildman–Crippen MR) is 74.0 cm³/mol. The largest absolute Gasteiger partial charge is 0.475 e. The van der Waals surface area contributed by atoms with Gasteiger partial charge in [0.2, 0.25) is 5.90 Å². The number of aliphatic hydroxyl groups excluding tert-OH is 1. The van der Waals surface area contributed by atoms with E-state index in [1.807, 2.05) is 12.1 Å². The van der Waals surface area contributed by atoms with E-state index in [0.29, 0.717) is 0 Å². The number of hydrogen-bond acceptors (Lipinski definition) is 3. The van der Waals surface area contributed by atoms with Gasteiger partial charge in [0.05, 0.1) is 6.61 Å². The van der Waals surface area contributed by atoms with Gasteiger partial charge in [-0.25, -0.2) is 13.8 Å². The Bertz CT molecular complexity index is 663. The van der Waals surface area contributed by atoms with E-state index < -0.39 is 11.6 Å².